The van der Waals surface area contributed by atoms with Gasteiger partial charge in [0.15, 0.2) is 0 Å². The predicted octanol–water partition coefficient (Wildman–Crippen LogP) is 4.78. The van der Waals surface area contributed by atoms with E-state index in [2.05, 4.69) is 48.9 Å². The number of nitrogens with zero attached hydrogens (tertiary/aromatic N) is 2. The zero-order chi connectivity index (χ0) is 22.1. The molecule has 5 nitrogen and oxygen atoms in total. The number of H-pyrrole nitrogens is 1. The Morgan fingerprint density at radius 3 is 2.63 bits per heavy atom. The van der Waals surface area contributed by atoms with Gasteiger partial charge in [0.2, 0.25) is 5.91 Å². The number of aromatic amines is 1. The minimum atomic E-state index is 0.103. The SMILES string of the molecule is C=C(C1=C(NC)CC(C)(C)CC1)c1cc2ccc(N(CC)C(=O)CN(C)C)cc2[nH]1. The zero-order valence-corrected chi connectivity index (χ0v) is 19.4. The van der Waals surface area contributed by atoms with Gasteiger partial charge in [-0.15, -0.1) is 0 Å². The third kappa shape index (κ3) is 4.62. The number of rotatable bonds is 7. The van der Waals surface area contributed by atoms with E-state index >= 15 is 0 Å². The van der Waals surface area contributed by atoms with Crippen molar-refractivity contribution >= 4 is 28.1 Å². The van der Waals surface area contributed by atoms with E-state index in [4.69, 9.17) is 0 Å². The highest BCUT2D eigenvalue weighted by molar-refractivity contribution is 5.97. The molecule has 5 heteroatoms. The number of carbonyl (C=O) groups excluding carboxylic acids is 1. The van der Waals surface area contributed by atoms with Crippen molar-refractivity contribution in [1.82, 2.24) is 15.2 Å². The van der Waals surface area contributed by atoms with Crippen LogP contribution in [-0.4, -0.2) is 50.0 Å². The molecule has 0 aliphatic heterocycles. The number of likely N-dealkylation sites (N-methyl/N-ethyl adjacent to an activating group) is 2. The van der Waals surface area contributed by atoms with E-state index in [1.165, 1.54) is 11.3 Å². The number of nitrogens with one attached hydrogen (secondary N) is 2. The highest BCUT2D eigenvalue weighted by Gasteiger charge is 2.28. The minimum Gasteiger partial charge on any atom is -0.391 e. The maximum Gasteiger partial charge on any atom is 0.241 e. The number of anilines is 1. The molecule has 3 rings (SSSR count). The molecule has 0 fully saturated rings. The summed E-state index contributed by atoms with van der Waals surface area (Å²) in [6.45, 7) is 12.1. The lowest BCUT2D eigenvalue weighted by Crippen LogP contribution is -2.37. The fourth-order valence-corrected chi connectivity index (χ4v) is 4.33. The summed E-state index contributed by atoms with van der Waals surface area (Å²) < 4.78 is 0. The molecule has 1 aliphatic rings. The summed E-state index contributed by atoms with van der Waals surface area (Å²) >= 11 is 0. The van der Waals surface area contributed by atoms with Crippen LogP contribution >= 0.6 is 0 Å². The van der Waals surface area contributed by atoms with Crippen LogP contribution in [0.1, 0.15) is 45.7 Å². The van der Waals surface area contributed by atoms with Gasteiger partial charge in [0.05, 0.1) is 6.54 Å². The Bertz CT molecular complexity index is 980. The second-order valence-electron chi connectivity index (χ2n) is 9.36. The monoisotopic (exact) mass is 408 g/mol. The zero-order valence-electron chi connectivity index (χ0n) is 19.4. The number of hydrogen-bond acceptors (Lipinski definition) is 3. The van der Waals surface area contributed by atoms with Crippen molar-refractivity contribution in [3.63, 3.8) is 0 Å². The molecule has 0 unspecified atom stereocenters. The normalized spacial score (nSPS) is 16.2. The molecule has 0 bridgehead atoms. The molecular weight excluding hydrogens is 372 g/mol. The molecule has 0 radical (unpaired) electrons. The van der Waals surface area contributed by atoms with Crippen LogP contribution in [0.5, 0.6) is 0 Å². The summed E-state index contributed by atoms with van der Waals surface area (Å²) in [7, 11) is 5.84. The lowest BCUT2D eigenvalue weighted by atomic mass is 9.75. The first-order chi connectivity index (χ1) is 14.1. The minimum absolute atomic E-state index is 0.103. The van der Waals surface area contributed by atoms with Crippen molar-refractivity contribution < 1.29 is 4.79 Å². The summed E-state index contributed by atoms with van der Waals surface area (Å²) in [6.07, 6.45) is 3.24. The quantitative estimate of drug-likeness (QED) is 0.693. The summed E-state index contributed by atoms with van der Waals surface area (Å²) in [5.41, 5.74) is 6.99. The fraction of sp³-hybridized carbons (Fsp3) is 0.480. The Balaban J connectivity index is 1.91. The standard InChI is InChI=1S/C25H36N4O/c1-8-29(24(30)16-28(6)7)19-10-9-18-13-21(27-22(18)14-19)17(2)20-11-12-25(3,4)15-23(20)26-5/h9-10,13-14,26-27H,2,8,11-12,15-16H2,1,3-7H3. The van der Waals surface area contributed by atoms with Crippen LogP contribution in [0.2, 0.25) is 0 Å². The van der Waals surface area contributed by atoms with E-state index in [1.807, 2.05) is 43.9 Å². The predicted molar refractivity (Wildman–Crippen MR) is 128 cm³/mol. The molecule has 1 aromatic carbocycles. The van der Waals surface area contributed by atoms with E-state index in [0.717, 1.165) is 47.1 Å². The van der Waals surface area contributed by atoms with Gasteiger partial charge in [-0.05, 0) is 75.0 Å². The van der Waals surface area contributed by atoms with Gasteiger partial charge >= 0.3 is 0 Å². The van der Waals surface area contributed by atoms with Crippen molar-refractivity contribution in [1.29, 1.82) is 0 Å². The van der Waals surface area contributed by atoms with Crippen molar-refractivity contribution in [2.45, 2.75) is 40.0 Å². The molecule has 162 valence electrons. The molecule has 1 heterocycles. The van der Waals surface area contributed by atoms with Crippen molar-refractivity contribution in [3.8, 4) is 0 Å². The molecule has 1 aliphatic carbocycles. The first kappa shape index (κ1) is 22.2. The van der Waals surface area contributed by atoms with E-state index in [9.17, 15) is 4.79 Å². The smallest absolute Gasteiger partial charge is 0.241 e. The highest BCUT2D eigenvalue weighted by atomic mass is 16.2. The first-order valence-corrected chi connectivity index (χ1v) is 10.8. The van der Waals surface area contributed by atoms with Gasteiger partial charge in [-0.3, -0.25) is 4.79 Å². The van der Waals surface area contributed by atoms with Crippen LogP contribution in [0.4, 0.5) is 5.69 Å². The van der Waals surface area contributed by atoms with E-state index in [-0.39, 0.29) is 5.91 Å². The van der Waals surface area contributed by atoms with Gasteiger partial charge in [-0.2, -0.15) is 0 Å². The van der Waals surface area contributed by atoms with Crippen LogP contribution in [0.15, 0.2) is 42.1 Å². The van der Waals surface area contributed by atoms with Gasteiger partial charge in [-0.1, -0.05) is 26.5 Å². The fourth-order valence-electron chi connectivity index (χ4n) is 4.33. The summed E-state index contributed by atoms with van der Waals surface area (Å²) in [5.74, 6) is 0.103. The molecule has 2 aromatic rings. The van der Waals surface area contributed by atoms with E-state index in [0.29, 0.717) is 18.5 Å². The van der Waals surface area contributed by atoms with Crippen LogP contribution in [0, 0.1) is 5.41 Å². The molecule has 0 atom stereocenters. The number of allylic oxidation sites excluding steroid dienone is 3. The van der Waals surface area contributed by atoms with Crippen molar-refractivity contribution in [3.05, 3.63) is 47.8 Å². The maximum atomic E-state index is 12.6. The maximum absolute atomic E-state index is 12.6. The van der Waals surface area contributed by atoms with Crippen molar-refractivity contribution in [2.24, 2.45) is 5.41 Å². The van der Waals surface area contributed by atoms with Crippen LogP contribution in [0.3, 0.4) is 0 Å². The van der Waals surface area contributed by atoms with Crippen LogP contribution in [-0.2, 0) is 4.79 Å². The number of benzene rings is 1. The summed E-state index contributed by atoms with van der Waals surface area (Å²) in [5, 5.41) is 4.54. The molecule has 30 heavy (non-hydrogen) atoms. The van der Waals surface area contributed by atoms with Gasteiger partial charge < -0.3 is 20.1 Å². The van der Waals surface area contributed by atoms with Gasteiger partial charge in [0.25, 0.3) is 0 Å². The van der Waals surface area contributed by atoms with Gasteiger partial charge in [-0.25, -0.2) is 0 Å². The lowest BCUT2D eigenvalue weighted by Gasteiger charge is -2.33. The number of aromatic nitrogens is 1. The van der Waals surface area contributed by atoms with Crippen molar-refractivity contribution in [2.75, 3.05) is 39.1 Å². The molecule has 1 amide bonds. The number of amides is 1. The molecular formula is C25H36N4O. The average molecular weight is 409 g/mol. The summed E-state index contributed by atoms with van der Waals surface area (Å²) in [4.78, 5) is 19.9. The largest absolute Gasteiger partial charge is 0.391 e. The molecule has 0 saturated heterocycles. The van der Waals surface area contributed by atoms with E-state index < -0.39 is 0 Å². The van der Waals surface area contributed by atoms with Gasteiger partial charge in [0, 0.05) is 41.6 Å². The number of carbonyl (C=O) groups is 1. The Morgan fingerprint density at radius 1 is 1.27 bits per heavy atom. The first-order valence-electron chi connectivity index (χ1n) is 10.8. The Hall–Kier alpha value is -2.53. The third-order valence-corrected chi connectivity index (χ3v) is 6.05. The summed E-state index contributed by atoms with van der Waals surface area (Å²) in [6, 6.07) is 8.35. The Labute approximate surface area is 180 Å². The Morgan fingerprint density at radius 2 is 2.00 bits per heavy atom. The highest BCUT2D eigenvalue weighted by Crippen LogP contribution is 2.42. The number of fused-ring (bicyclic) bond motifs is 1. The third-order valence-electron chi connectivity index (χ3n) is 6.05. The molecule has 0 saturated carbocycles. The second-order valence-corrected chi connectivity index (χ2v) is 9.36. The lowest BCUT2D eigenvalue weighted by molar-refractivity contribution is -0.119. The molecule has 0 spiro atoms. The van der Waals surface area contributed by atoms with E-state index in [1.54, 1.807) is 0 Å². The average Bonchev–Trinajstić information content (AvgIpc) is 3.10. The Kier molecular flexibility index (Phi) is 6.41. The van der Waals surface area contributed by atoms with Crippen LogP contribution < -0.4 is 10.2 Å². The topological polar surface area (TPSA) is 51.4 Å². The molecule has 1 aromatic heterocycles. The molecule has 2 N–H and O–H groups in total. The van der Waals surface area contributed by atoms with Crippen LogP contribution in [0.25, 0.3) is 16.5 Å². The van der Waals surface area contributed by atoms with Gasteiger partial charge in [0.1, 0.15) is 0 Å². The number of hydrogen-bond donors (Lipinski definition) is 2. The second kappa shape index (κ2) is 8.68.